The number of anilines is 1. The number of nitrogens with one attached hydrogen (secondary N) is 2. The second kappa shape index (κ2) is 9.61. The molecule has 0 bridgehead atoms. The molecule has 0 aliphatic rings. The van der Waals surface area contributed by atoms with Crippen LogP contribution in [0.1, 0.15) is 11.7 Å². The van der Waals surface area contributed by atoms with Crippen molar-refractivity contribution in [3.8, 4) is 11.5 Å². The highest BCUT2D eigenvalue weighted by Crippen LogP contribution is 2.29. The molecule has 29 heavy (non-hydrogen) atoms. The molecular weight excluding hydrogens is 413 g/mol. The molecule has 2 amide bonds. The minimum atomic E-state index is -4.86. The van der Waals surface area contributed by atoms with Crippen molar-refractivity contribution in [2.45, 2.75) is 16.5 Å². The number of carbonyl (C=O) groups is 1. The smallest absolute Gasteiger partial charge is 0.475 e. The standard InChI is InChI=1S/C18H19F3N2O5S/c1-27-12-5-8-16(28-2)14(9-12)15(24)10-22-17(25)23-11-3-6-13(7-4-11)29(26)18(19,20)21/h3-9,15,24H,10H2,1-2H3,(H2,22,23,25)/t15-,29-/m0/s1. The molecule has 0 fully saturated rings. The number of benzene rings is 2. The highest BCUT2D eigenvalue weighted by molar-refractivity contribution is 7.86. The van der Waals surface area contributed by atoms with E-state index in [9.17, 15) is 27.3 Å². The average Bonchev–Trinajstić information content (AvgIpc) is 2.70. The zero-order valence-corrected chi connectivity index (χ0v) is 16.3. The van der Waals surface area contributed by atoms with Crippen molar-refractivity contribution < 1.29 is 36.8 Å². The van der Waals surface area contributed by atoms with Crippen molar-refractivity contribution in [1.82, 2.24) is 5.32 Å². The molecule has 0 aromatic heterocycles. The molecule has 0 saturated carbocycles. The molecule has 0 saturated heterocycles. The van der Waals surface area contributed by atoms with Gasteiger partial charge in [-0.25, -0.2) is 9.00 Å². The predicted molar refractivity (Wildman–Crippen MR) is 100 cm³/mol. The number of amides is 2. The van der Waals surface area contributed by atoms with Crippen LogP contribution in [0.15, 0.2) is 47.4 Å². The number of methoxy groups -OCH3 is 2. The number of aliphatic hydroxyl groups excluding tert-OH is 1. The maximum Gasteiger partial charge on any atom is 0.475 e. The summed E-state index contributed by atoms with van der Waals surface area (Å²) in [4.78, 5) is 11.5. The number of hydrogen-bond donors (Lipinski definition) is 3. The van der Waals surface area contributed by atoms with Crippen LogP contribution in [0.25, 0.3) is 0 Å². The molecule has 11 heteroatoms. The molecule has 3 N–H and O–H groups in total. The molecular formula is C18H19F3N2O5S. The first-order valence-corrected chi connectivity index (χ1v) is 9.34. The maximum absolute atomic E-state index is 12.4. The maximum atomic E-state index is 12.4. The van der Waals surface area contributed by atoms with Crippen LogP contribution in [0.5, 0.6) is 11.5 Å². The van der Waals surface area contributed by atoms with E-state index in [2.05, 4.69) is 10.6 Å². The Morgan fingerprint density at radius 2 is 1.79 bits per heavy atom. The SMILES string of the molecule is COc1ccc(OC)c([C@@H](O)CNC(=O)Nc2ccc([S@](=O)C(F)(F)F)cc2)c1. The summed E-state index contributed by atoms with van der Waals surface area (Å²) in [6, 6.07) is 8.57. The van der Waals surface area contributed by atoms with Gasteiger partial charge in [-0.2, -0.15) is 13.2 Å². The van der Waals surface area contributed by atoms with Gasteiger partial charge in [0.05, 0.1) is 14.2 Å². The molecule has 0 spiro atoms. The number of urea groups is 1. The Hall–Kier alpha value is -2.79. The van der Waals surface area contributed by atoms with E-state index in [1.807, 2.05) is 0 Å². The minimum absolute atomic E-state index is 0.161. The van der Waals surface area contributed by atoms with E-state index in [1.165, 1.54) is 26.4 Å². The molecule has 0 radical (unpaired) electrons. The second-order valence-electron chi connectivity index (χ2n) is 5.70. The number of halogens is 3. The van der Waals surface area contributed by atoms with E-state index in [4.69, 9.17) is 9.47 Å². The lowest BCUT2D eigenvalue weighted by Gasteiger charge is -2.17. The molecule has 158 valence electrons. The third kappa shape index (κ3) is 6.09. The van der Waals surface area contributed by atoms with Gasteiger partial charge in [0, 0.05) is 22.7 Å². The van der Waals surface area contributed by atoms with Gasteiger partial charge in [0.15, 0.2) is 10.8 Å². The quantitative estimate of drug-likeness (QED) is 0.625. The minimum Gasteiger partial charge on any atom is -0.497 e. The summed E-state index contributed by atoms with van der Waals surface area (Å²) in [5.74, 6) is 0.911. The molecule has 2 aromatic carbocycles. The Kier molecular flexibility index (Phi) is 7.46. The Bertz CT molecular complexity index is 875. The molecule has 2 aromatic rings. The Morgan fingerprint density at radius 1 is 1.14 bits per heavy atom. The monoisotopic (exact) mass is 432 g/mol. The molecule has 0 aliphatic heterocycles. The zero-order chi connectivity index (χ0) is 21.6. The summed E-state index contributed by atoms with van der Waals surface area (Å²) in [6.45, 7) is -0.161. The van der Waals surface area contributed by atoms with E-state index in [1.54, 1.807) is 18.2 Å². The van der Waals surface area contributed by atoms with Crippen molar-refractivity contribution in [3.05, 3.63) is 48.0 Å². The van der Waals surface area contributed by atoms with Gasteiger partial charge in [-0.05, 0) is 42.5 Å². The van der Waals surface area contributed by atoms with Crippen LogP contribution in [0.3, 0.4) is 0 Å². The number of aliphatic hydroxyl groups is 1. The highest BCUT2D eigenvalue weighted by Gasteiger charge is 2.37. The van der Waals surface area contributed by atoms with Crippen molar-refractivity contribution in [2.75, 3.05) is 26.1 Å². The molecule has 2 atom stereocenters. The third-order valence-corrected chi connectivity index (χ3v) is 4.91. The van der Waals surface area contributed by atoms with Gasteiger partial charge < -0.3 is 25.2 Å². The first kappa shape index (κ1) is 22.5. The van der Waals surface area contributed by atoms with E-state index >= 15 is 0 Å². The molecule has 0 heterocycles. The van der Waals surface area contributed by atoms with Crippen molar-refractivity contribution in [2.24, 2.45) is 0 Å². The summed E-state index contributed by atoms with van der Waals surface area (Å²) >= 11 is 0. The van der Waals surface area contributed by atoms with Crippen LogP contribution in [-0.4, -0.2) is 41.6 Å². The van der Waals surface area contributed by atoms with E-state index in [0.29, 0.717) is 17.1 Å². The van der Waals surface area contributed by atoms with Gasteiger partial charge in [-0.1, -0.05) is 0 Å². The van der Waals surface area contributed by atoms with Crippen molar-refractivity contribution >= 4 is 22.5 Å². The third-order valence-electron chi connectivity index (χ3n) is 3.79. The lowest BCUT2D eigenvalue weighted by atomic mass is 10.1. The summed E-state index contributed by atoms with van der Waals surface area (Å²) in [7, 11) is -0.233. The summed E-state index contributed by atoms with van der Waals surface area (Å²) in [5, 5.41) is 15.2. The summed E-state index contributed by atoms with van der Waals surface area (Å²) < 4.78 is 58.9. The van der Waals surface area contributed by atoms with Gasteiger partial charge in [-0.15, -0.1) is 0 Å². The number of hydrogen-bond acceptors (Lipinski definition) is 5. The van der Waals surface area contributed by atoms with Gasteiger partial charge in [0.25, 0.3) is 0 Å². The van der Waals surface area contributed by atoms with Crippen LogP contribution >= 0.6 is 0 Å². The molecule has 7 nitrogen and oxygen atoms in total. The number of alkyl halides is 3. The van der Waals surface area contributed by atoms with Gasteiger partial charge in [0.1, 0.15) is 17.6 Å². The topological polar surface area (TPSA) is 96.9 Å². The highest BCUT2D eigenvalue weighted by atomic mass is 32.2. The lowest BCUT2D eigenvalue weighted by Crippen LogP contribution is -2.32. The Balaban J connectivity index is 1.95. The normalized spacial score (nSPS) is 13.3. The van der Waals surface area contributed by atoms with Crippen molar-refractivity contribution in [3.63, 3.8) is 0 Å². The fourth-order valence-corrected chi connectivity index (χ4v) is 3.02. The summed E-state index contributed by atoms with van der Waals surface area (Å²) in [5.41, 5.74) is -4.26. The number of ether oxygens (including phenoxy) is 2. The predicted octanol–water partition coefficient (Wildman–Crippen LogP) is 3.19. The zero-order valence-electron chi connectivity index (χ0n) is 15.4. The molecule has 2 rings (SSSR count). The number of rotatable bonds is 7. The van der Waals surface area contributed by atoms with Crippen LogP contribution in [-0.2, 0) is 10.8 Å². The fourth-order valence-electron chi connectivity index (χ4n) is 2.37. The van der Waals surface area contributed by atoms with Crippen molar-refractivity contribution in [1.29, 1.82) is 0 Å². The first-order chi connectivity index (χ1) is 13.7. The Labute approximate surface area is 167 Å². The van der Waals surface area contributed by atoms with Crippen LogP contribution < -0.4 is 20.1 Å². The van der Waals surface area contributed by atoms with Gasteiger partial charge in [-0.3, -0.25) is 0 Å². The first-order valence-electron chi connectivity index (χ1n) is 8.19. The van der Waals surface area contributed by atoms with Gasteiger partial charge in [0.2, 0.25) is 0 Å². The van der Waals surface area contributed by atoms with Crippen LogP contribution in [0, 0.1) is 0 Å². The van der Waals surface area contributed by atoms with E-state index in [0.717, 1.165) is 12.1 Å². The number of carbonyl (C=O) groups excluding carboxylic acids is 1. The molecule has 0 unspecified atom stereocenters. The lowest BCUT2D eigenvalue weighted by molar-refractivity contribution is -0.0384. The second-order valence-corrected chi connectivity index (χ2v) is 7.17. The van der Waals surface area contributed by atoms with Crippen LogP contribution in [0.4, 0.5) is 23.7 Å². The largest absolute Gasteiger partial charge is 0.497 e. The average molecular weight is 432 g/mol. The Morgan fingerprint density at radius 3 is 2.34 bits per heavy atom. The van der Waals surface area contributed by atoms with E-state index < -0.39 is 33.3 Å². The van der Waals surface area contributed by atoms with E-state index in [-0.39, 0.29) is 12.2 Å². The molecule has 0 aliphatic carbocycles. The summed E-state index contributed by atoms with van der Waals surface area (Å²) in [6.07, 6.45) is -1.10. The van der Waals surface area contributed by atoms with Crippen LogP contribution in [0.2, 0.25) is 0 Å². The fraction of sp³-hybridized carbons (Fsp3) is 0.278. The van der Waals surface area contributed by atoms with Gasteiger partial charge >= 0.3 is 11.5 Å².